The van der Waals surface area contributed by atoms with Crippen molar-refractivity contribution in [1.82, 2.24) is 9.44 Å². The van der Waals surface area contributed by atoms with Gasteiger partial charge in [-0.1, -0.05) is 6.92 Å². The van der Waals surface area contributed by atoms with E-state index in [-0.39, 0.29) is 6.54 Å². The van der Waals surface area contributed by atoms with E-state index >= 15 is 0 Å². The highest BCUT2D eigenvalue weighted by molar-refractivity contribution is 7.87. The van der Waals surface area contributed by atoms with Crippen molar-refractivity contribution >= 4 is 10.2 Å². The normalized spacial score (nSPS) is 14.8. The molecular formula is C5H14N2O3S. The van der Waals surface area contributed by atoms with E-state index in [1.165, 1.54) is 6.92 Å². The molecule has 0 heterocycles. The molecule has 0 saturated carbocycles. The maximum atomic E-state index is 10.8. The first-order valence-corrected chi connectivity index (χ1v) is 4.88. The summed E-state index contributed by atoms with van der Waals surface area (Å²) in [4.78, 5) is 0. The van der Waals surface area contributed by atoms with Gasteiger partial charge in [0.1, 0.15) is 0 Å². The molecule has 0 spiro atoms. The van der Waals surface area contributed by atoms with E-state index in [0.717, 1.165) is 0 Å². The van der Waals surface area contributed by atoms with Gasteiger partial charge in [0.15, 0.2) is 0 Å². The lowest BCUT2D eigenvalue weighted by Gasteiger charge is -2.07. The molecule has 0 aromatic carbocycles. The summed E-state index contributed by atoms with van der Waals surface area (Å²) in [6, 6.07) is 0. The predicted molar refractivity (Wildman–Crippen MR) is 42.3 cm³/mol. The van der Waals surface area contributed by atoms with E-state index in [2.05, 4.69) is 9.44 Å². The Hall–Kier alpha value is -0.170. The highest BCUT2D eigenvalue weighted by Gasteiger charge is 2.07. The van der Waals surface area contributed by atoms with Gasteiger partial charge in [0.05, 0.1) is 6.10 Å². The number of nitrogens with one attached hydrogen (secondary N) is 2. The van der Waals surface area contributed by atoms with Gasteiger partial charge in [0.2, 0.25) is 0 Å². The molecule has 11 heavy (non-hydrogen) atoms. The van der Waals surface area contributed by atoms with Gasteiger partial charge in [-0.15, -0.1) is 0 Å². The van der Waals surface area contributed by atoms with Crippen molar-refractivity contribution in [1.29, 1.82) is 0 Å². The minimum atomic E-state index is -3.39. The summed E-state index contributed by atoms with van der Waals surface area (Å²) in [5.41, 5.74) is 0. The van der Waals surface area contributed by atoms with Gasteiger partial charge in [-0.2, -0.15) is 13.1 Å². The van der Waals surface area contributed by atoms with Gasteiger partial charge in [0.25, 0.3) is 10.2 Å². The smallest absolute Gasteiger partial charge is 0.276 e. The SMILES string of the molecule is CCNS(=O)(=O)NC[C@@H](C)O. The predicted octanol–water partition coefficient (Wildman–Crippen LogP) is -1.19. The second-order valence-electron chi connectivity index (χ2n) is 2.20. The molecule has 0 aliphatic carbocycles. The zero-order valence-electron chi connectivity index (χ0n) is 6.66. The third-order valence-electron chi connectivity index (χ3n) is 0.903. The van der Waals surface area contributed by atoms with Gasteiger partial charge >= 0.3 is 0 Å². The van der Waals surface area contributed by atoms with Crippen LogP contribution in [0.25, 0.3) is 0 Å². The highest BCUT2D eigenvalue weighted by Crippen LogP contribution is 1.79. The van der Waals surface area contributed by atoms with Crippen LogP contribution in [0.15, 0.2) is 0 Å². The molecule has 0 aromatic heterocycles. The van der Waals surface area contributed by atoms with Crippen LogP contribution in [0.2, 0.25) is 0 Å². The summed E-state index contributed by atoms with van der Waals surface area (Å²) < 4.78 is 26.0. The van der Waals surface area contributed by atoms with Crippen molar-refractivity contribution in [2.45, 2.75) is 20.0 Å². The Bertz CT molecular complexity index is 188. The summed E-state index contributed by atoms with van der Waals surface area (Å²) in [6.45, 7) is 3.57. The van der Waals surface area contributed by atoms with Crippen LogP contribution in [-0.4, -0.2) is 32.7 Å². The van der Waals surface area contributed by atoms with E-state index in [1.807, 2.05) is 0 Å². The molecule has 0 aliphatic rings. The lowest BCUT2D eigenvalue weighted by molar-refractivity contribution is 0.198. The van der Waals surface area contributed by atoms with E-state index in [9.17, 15) is 8.42 Å². The first-order chi connectivity index (χ1) is 4.98. The third-order valence-corrected chi connectivity index (χ3v) is 2.12. The lowest BCUT2D eigenvalue weighted by Crippen LogP contribution is -2.39. The van der Waals surface area contributed by atoms with Crippen molar-refractivity contribution in [3.8, 4) is 0 Å². The molecule has 5 nitrogen and oxygen atoms in total. The van der Waals surface area contributed by atoms with Gasteiger partial charge in [-0.05, 0) is 6.92 Å². The molecule has 0 rings (SSSR count). The largest absolute Gasteiger partial charge is 0.392 e. The lowest BCUT2D eigenvalue weighted by atomic mass is 10.4. The zero-order chi connectivity index (χ0) is 8.91. The number of aliphatic hydroxyl groups is 1. The van der Waals surface area contributed by atoms with Crippen molar-refractivity contribution in [3.05, 3.63) is 0 Å². The molecule has 0 aliphatic heterocycles. The molecule has 0 amide bonds. The monoisotopic (exact) mass is 182 g/mol. The summed E-state index contributed by atoms with van der Waals surface area (Å²) in [7, 11) is -3.39. The summed E-state index contributed by atoms with van der Waals surface area (Å²) in [6.07, 6.45) is -0.663. The van der Waals surface area contributed by atoms with Crippen LogP contribution in [-0.2, 0) is 10.2 Å². The van der Waals surface area contributed by atoms with Crippen LogP contribution in [0.4, 0.5) is 0 Å². The average Bonchev–Trinajstić information content (AvgIpc) is 1.84. The van der Waals surface area contributed by atoms with Gasteiger partial charge < -0.3 is 5.11 Å². The topological polar surface area (TPSA) is 78.4 Å². The van der Waals surface area contributed by atoms with Gasteiger partial charge in [-0.25, -0.2) is 4.72 Å². The maximum absolute atomic E-state index is 10.8. The van der Waals surface area contributed by atoms with Crippen LogP contribution >= 0.6 is 0 Å². The van der Waals surface area contributed by atoms with Crippen LogP contribution in [0.1, 0.15) is 13.8 Å². The van der Waals surface area contributed by atoms with Crippen LogP contribution in [0.3, 0.4) is 0 Å². The van der Waals surface area contributed by atoms with Gasteiger partial charge in [0, 0.05) is 13.1 Å². The first kappa shape index (κ1) is 10.8. The van der Waals surface area contributed by atoms with Crippen LogP contribution in [0, 0.1) is 0 Å². The number of hydrogen-bond acceptors (Lipinski definition) is 3. The zero-order valence-corrected chi connectivity index (χ0v) is 7.48. The fourth-order valence-electron chi connectivity index (χ4n) is 0.471. The first-order valence-electron chi connectivity index (χ1n) is 3.40. The summed E-state index contributed by atoms with van der Waals surface area (Å²) >= 11 is 0. The molecule has 6 heteroatoms. The summed E-state index contributed by atoms with van der Waals surface area (Å²) in [5, 5.41) is 8.73. The van der Waals surface area contributed by atoms with Crippen molar-refractivity contribution in [3.63, 3.8) is 0 Å². The average molecular weight is 182 g/mol. The molecule has 68 valence electrons. The molecule has 0 aromatic rings. The second-order valence-corrected chi connectivity index (χ2v) is 3.78. The highest BCUT2D eigenvalue weighted by atomic mass is 32.2. The minimum Gasteiger partial charge on any atom is -0.392 e. The Morgan fingerprint density at radius 1 is 1.45 bits per heavy atom. The molecule has 3 N–H and O–H groups in total. The van der Waals surface area contributed by atoms with E-state index in [0.29, 0.717) is 6.54 Å². The van der Waals surface area contributed by atoms with E-state index < -0.39 is 16.3 Å². The standard InChI is InChI=1S/C5H14N2O3S/c1-3-6-11(9,10)7-4-5(2)8/h5-8H,3-4H2,1-2H3/t5-/m1/s1. The molecule has 1 atom stereocenters. The van der Waals surface area contributed by atoms with Crippen molar-refractivity contribution in [2.24, 2.45) is 0 Å². The molecule has 0 fully saturated rings. The Balaban J connectivity index is 3.74. The van der Waals surface area contributed by atoms with Crippen molar-refractivity contribution in [2.75, 3.05) is 13.1 Å². The Morgan fingerprint density at radius 3 is 2.36 bits per heavy atom. The fourth-order valence-corrected chi connectivity index (χ4v) is 1.41. The van der Waals surface area contributed by atoms with Crippen LogP contribution in [0.5, 0.6) is 0 Å². The quantitative estimate of drug-likeness (QED) is 0.500. The molecule has 0 saturated heterocycles. The Labute approximate surface area is 67.0 Å². The van der Waals surface area contributed by atoms with Gasteiger partial charge in [-0.3, -0.25) is 0 Å². The van der Waals surface area contributed by atoms with Crippen LogP contribution < -0.4 is 9.44 Å². The Kier molecular flexibility index (Phi) is 4.58. The molecular weight excluding hydrogens is 168 g/mol. The molecule has 0 bridgehead atoms. The molecule has 0 unspecified atom stereocenters. The third kappa shape index (κ3) is 6.24. The second kappa shape index (κ2) is 4.66. The number of aliphatic hydroxyl groups excluding tert-OH is 1. The maximum Gasteiger partial charge on any atom is 0.276 e. The number of hydrogen-bond donors (Lipinski definition) is 3. The minimum absolute atomic E-state index is 0.0370. The molecule has 0 radical (unpaired) electrons. The van der Waals surface area contributed by atoms with Crippen molar-refractivity contribution < 1.29 is 13.5 Å². The summed E-state index contributed by atoms with van der Waals surface area (Å²) in [5.74, 6) is 0. The van der Waals surface area contributed by atoms with E-state index in [4.69, 9.17) is 5.11 Å². The Morgan fingerprint density at radius 2 is 2.00 bits per heavy atom. The number of rotatable bonds is 5. The fraction of sp³-hybridized carbons (Fsp3) is 1.00. The van der Waals surface area contributed by atoms with E-state index in [1.54, 1.807) is 6.92 Å².